The Morgan fingerprint density at radius 1 is 1.48 bits per heavy atom. The summed E-state index contributed by atoms with van der Waals surface area (Å²) in [6.07, 6.45) is 1.13. The van der Waals surface area contributed by atoms with Crippen molar-refractivity contribution in [2.75, 3.05) is 13.7 Å². The van der Waals surface area contributed by atoms with Crippen LogP contribution >= 0.6 is 10.7 Å². The van der Waals surface area contributed by atoms with Crippen molar-refractivity contribution in [1.29, 1.82) is 0 Å². The number of hydrogen-bond acceptors (Lipinski definition) is 5. The molecule has 0 atom stereocenters. The molecule has 1 rings (SSSR count). The molecule has 9 heteroatoms. The highest BCUT2D eigenvalue weighted by atomic mass is 35.7. The minimum atomic E-state index is -4.06. The van der Waals surface area contributed by atoms with Crippen LogP contribution in [0.15, 0.2) is 4.90 Å². The molecular formula is C12H20ClN3O4S. The quantitative estimate of drug-likeness (QED) is 0.733. The highest BCUT2D eigenvalue weighted by molar-refractivity contribution is 8.13. The van der Waals surface area contributed by atoms with Crippen molar-refractivity contribution in [2.24, 2.45) is 0 Å². The van der Waals surface area contributed by atoms with E-state index in [-0.39, 0.29) is 17.1 Å². The first-order chi connectivity index (χ1) is 9.62. The Morgan fingerprint density at radius 2 is 2.10 bits per heavy atom. The number of aromatic amines is 1. The van der Waals surface area contributed by atoms with Crippen LogP contribution < -0.4 is 5.32 Å². The van der Waals surface area contributed by atoms with E-state index < -0.39 is 20.6 Å². The van der Waals surface area contributed by atoms with Crippen LogP contribution in [0.3, 0.4) is 0 Å². The molecule has 1 aromatic rings. The molecule has 0 fully saturated rings. The number of H-pyrrole nitrogens is 1. The predicted octanol–water partition coefficient (Wildman–Crippen LogP) is 1.44. The largest absolute Gasteiger partial charge is 0.377 e. The van der Waals surface area contributed by atoms with Gasteiger partial charge in [-0.25, -0.2) is 8.42 Å². The number of hydrogen-bond donors (Lipinski definition) is 2. The van der Waals surface area contributed by atoms with Crippen molar-refractivity contribution < 1.29 is 17.9 Å². The van der Waals surface area contributed by atoms with E-state index in [0.717, 1.165) is 0 Å². The summed E-state index contributed by atoms with van der Waals surface area (Å²) >= 11 is 0. The molecule has 0 unspecified atom stereocenters. The van der Waals surface area contributed by atoms with E-state index in [0.29, 0.717) is 18.5 Å². The van der Waals surface area contributed by atoms with E-state index in [1.165, 1.54) is 7.11 Å². The van der Waals surface area contributed by atoms with Crippen molar-refractivity contribution >= 4 is 25.6 Å². The molecule has 0 radical (unpaired) electrons. The zero-order valence-corrected chi connectivity index (χ0v) is 14.1. The molecule has 0 saturated heterocycles. The summed E-state index contributed by atoms with van der Waals surface area (Å²) in [6.45, 7) is 5.67. The van der Waals surface area contributed by atoms with Gasteiger partial charge >= 0.3 is 0 Å². The summed E-state index contributed by atoms with van der Waals surface area (Å²) in [5, 5.41) is 8.94. The Balaban J connectivity index is 3.05. The number of methoxy groups -OCH3 is 1. The van der Waals surface area contributed by atoms with Gasteiger partial charge in [0.15, 0.2) is 5.69 Å². The molecule has 0 saturated carbocycles. The Bertz CT molecular complexity index is 610. The van der Waals surface area contributed by atoms with Crippen molar-refractivity contribution in [3.63, 3.8) is 0 Å². The Kier molecular flexibility index (Phi) is 5.77. The Morgan fingerprint density at radius 3 is 2.57 bits per heavy atom. The van der Waals surface area contributed by atoms with Crippen molar-refractivity contribution in [3.05, 3.63) is 11.4 Å². The third-order valence-electron chi connectivity index (χ3n) is 2.98. The van der Waals surface area contributed by atoms with Crippen LogP contribution in [0.5, 0.6) is 0 Å². The fraction of sp³-hybridized carbons (Fsp3) is 0.667. The lowest BCUT2D eigenvalue weighted by Gasteiger charge is -2.22. The number of nitrogens with zero attached hydrogens (tertiary/aromatic N) is 1. The maximum Gasteiger partial charge on any atom is 0.273 e. The minimum absolute atomic E-state index is 0.208. The Labute approximate surface area is 128 Å². The maximum atomic E-state index is 12.1. The average Bonchev–Trinajstić information content (AvgIpc) is 2.80. The highest BCUT2D eigenvalue weighted by Crippen LogP contribution is 2.23. The molecule has 0 bridgehead atoms. The molecule has 2 N–H and O–H groups in total. The van der Waals surface area contributed by atoms with Gasteiger partial charge in [0.1, 0.15) is 4.90 Å². The van der Waals surface area contributed by atoms with E-state index in [4.69, 9.17) is 15.4 Å². The third-order valence-corrected chi connectivity index (χ3v) is 4.37. The molecule has 120 valence electrons. The van der Waals surface area contributed by atoms with Gasteiger partial charge in [-0.2, -0.15) is 5.10 Å². The zero-order chi connectivity index (χ0) is 16.3. The summed E-state index contributed by atoms with van der Waals surface area (Å²) in [6, 6.07) is 0. The van der Waals surface area contributed by atoms with Gasteiger partial charge in [-0.1, -0.05) is 13.3 Å². The van der Waals surface area contributed by atoms with Crippen molar-refractivity contribution in [2.45, 2.75) is 44.1 Å². The lowest BCUT2D eigenvalue weighted by Crippen LogP contribution is -2.40. The zero-order valence-electron chi connectivity index (χ0n) is 12.5. The maximum absolute atomic E-state index is 12.1. The van der Waals surface area contributed by atoms with Crippen LogP contribution in [0.1, 0.15) is 43.4 Å². The van der Waals surface area contributed by atoms with E-state index in [2.05, 4.69) is 15.5 Å². The molecule has 0 aliphatic rings. The van der Waals surface area contributed by atoms with Gasteiger partial charge < -0.3 is 10.1 Å². The summed E-state index contributed by atoms with van der Waals surface area (Å²) in [5.41, 5.74) is -0.456. The number of aryl methyl sites for hydroxylation is 1. The molecule has 0 aliphatic carbocycles. The van der Waals surface area contributed by atoms with Gasteiger partial charge in [0.2, 0.25) is 0 Å². The van der Waals surface area contributed by atoms with Crippen molar-refractivity contribution in [1.82, 2.24) is 15.5 Å². The molecule has 21 heavy (non-hydrogen) atoms. The number of ether oxygens (including phenoxy) is 1. The molecule has 0 aliphatic heterocycles. The standard InChI is InChI=1S/C12H20ClN3O4S/c1-5-6-8-10(21(13,18)19)9(16-15-8)11(17)14-7-12(2,3)20-4/h5-7H2,1-4H3,(H,14,17)(H,15,16). The SMILES string of the molecule is CCCc1[nH]nc(C(=O)NCC(C)(C)OC)c1S(=O)(=O)Cl. The van der Waals surface area contributed by atoms with Crippen molar-refractivity contribution in [3.8, 4) is 0 Å². The first-order valence-corrected chi connectivity index (χ1v) is 8.78. The van der Waals surface area contributed by atoms with Gasteiger partial charge in [0.05, 0.1) is 11.3 Å². The lowest BCUT2D eigenvalue weighted by molar-refractivity contribution is 0.0228. The first kappa shape index (κ1) is 17.9. The van der Waals surface area contributed by atoms with E-state index in [1.54, 1.807) is 13.8 Å². The summed E-state index contributed by atoms with van der Waals surface area (Å²) in [4.78, 5) is 11.9. The predicted molar refractivity (Wildman–Crippen MR) is 79.0 cm³/mol. The van der Waals surface area contributed by atoms with Gasteiger partial charge in [-0.15, -0.1) is 0 Å². The van der Waals surface area contributed by atoms with Crippen LogP contribution in [-0.4, -0.2) is 43.8 Å². The fourth-order valence-corrected chi connectivity index (χ4v) is 2.96. The van der Waals surface area contributed by atoms with Crippen LogP contribution in [0, 0.1) is 0 Å². The van der Waals surface area contributed by atoms with Gasteiger partial charge in [-0.3, -0.25) is 9.89 Å². The number of amides is 1. The summed E-state index contributed by atoms with van der Waals surface area (Å²) < 4.78 is 28.5. The fourth-order valence-electron chi connectivity index (χ4n) is 1.65. The van der Waals surface area contributed by atoms with Gasteiger partial charge in [0.25, 0.3) is 15.0 Å². The first-order valence-electron chi connectivity index (χ1n) is 6.47. The molecule has 0 spiro atoms. The Hall–Kier alpha value is -1.12. The van der Waals surface area contributed by atoms with Crippen LogP contribution in [0.2, 0.25) is 0 Å². The highest BCUT2D eigenvalue weighted by Gasteiger charge is 2.29. The number of nitrogens with one attached hydrogen (secondary N) is 2. The van der Waals surface area contributed by atoms with E-state index in [1.807, 2.05) is 6.92 Å². The second-order valence-corrected chi connectivity index (χ2v) is 7.72. The van der Waals surface area contributed by atoms with E-state index in [9.17, 15) is 13.2 Å². The minimum Gasteiger partial charge on any atom is -0.377 e. The molecular weight excluding hydrogens is 318 g/mol. The van der Waals surface area contributed by atoms with E-state index >= 15 is 0 Å². The second-order valence-electron chi connectivity index (χ2n) is 5.21. The summed E-state index contributed by atoms with van der Waals surface area (Å²) in [5.74, 6) is -0.613. The lowest BCUT2D eigenvalue weighted by atomic mass is 10.1. The monoisotopic (exact) mass is 337 g/mol. The normalized spacial score (nSPS) is 12.4. The average molecular weight is 338 g/mol. The molecule has 7 nitrogen and oxygen atoms in total. The number of carbonyl (C=O) groups is 1. The molecule has 1 amide bonds. The topological polar surface area (TPSA) is 101 Å². The van der Waals surface area contributed by atoms with Gasteiger partial charge in [-0.05, 0) is 20.3 Å². The van der Waals surface area contributed by atoms with Crippen LogP contribution in [0.25, 0.3) is 0 Å². The number of halogens is 1. The molecule has 0 aromatic carbocycles. The van der Waals surface area contributed by atoms with Crippen LogP contribution in [0.4, 0.5) is 0 Å². The smallest absolute Gasteiger partial charge is 0.273 e. The number of aromatic nitrogens is 2. The molecule has 1 heterocycles. The second kappa shape index (κ2) is 6.76. The molecule has 1 aromatic heterocycles. The third kappa shape index (κ3) is 4.69. The number of rotatable bonds is 7. The van der Waals surface area contributed by atoms with Crippen LogP contribution in [-0.2, 0) is 20.2 Å². The summed E-state index contributed by atoms with van der Waals surface area (Å²) in [7, 11) is 2.88. The van der Waals surface area contributed by atoms with Gasteiger partial charge in [0, 0.05) is 24.3 Å². The number of carbonyl (C=O) groups excluding carboxylic acids is 1.